The van der Waals surface area contributed by atoms with Crippen LogP contribution in [0.5, 0.6) is 0 Å². The lowest BCUT2D eigenvalue weighted by Gasteiger charge is -2.61. The van der Waals surface area contributed by atoms with Crippen LogP contribution in [0.1, 0.15) is 73.6 Å². The van der Waals surface area contributed by atoms with E-state index < -0.39 is 23.0 Å². The number of aliphatic hydroxyl groups is 1. The Morgan fingerprint density at radius 3 is 2.59 bits per heavy atom. The quantitative estimate of drug-likeness (QED) is 0.447. The molecular weight excluding hydrogens is 422 g/mol. The number of nitrogens with two attached hydrogens (primary N) is 1. The van der Waals surface area contributed by atoms with Crippen molar-refractivity contribution < 1.29 is 19.4 Å². The lowest BCUT2D eigenvalue weighted by Crippen LogP contribution is -2.63. The average molecular weight is 466 g/mol. The van der Waals surface area contributed by atoms with Crippen molar-refractivity contribution in [3.05, 3.63) is 12.7 Å². The topological polar surface area (TPSA) is 89.6 Å². The second-order valence-corrected chi connectivity index (χ2v) is 13.5. The average Bonchev–Trinajstić information content (AvgIpc) is 3.11. The van der Waals surface area contributed by atoms with E-state index in [1.165, 1.54) is 11.8 Å². The van der Waals surface area contributed by atoms with Crippen molar-refractivity contribution in [3.8, 4) is 0 Å². The van der Waals surface area contributed by atoms with Crippen molar-refractivity contribution in [1.82, 2.24) is 0 Å². The molecule has 0 heterocycles. The lowest BCUT2D eigenvalue weighted by atomic mass is 9.44. The van der Waals surface area contributed by atoms with Crippen LogP contribution in [0.15, 0.2) is 12.7 Å². The molecule has 3 fully saturated rings. The highest BCUT2D eigenvalue weighted by Crippen LogP contribution is 2.68. The number of Topliss-reactive ketones (excluding diaryl/α,β-unsaturated/α-hetero) is 1. The van der Waals surface area contributed by atoms with E-state index in [0.717, 1.165) is 19.3 Å². The van der Waals surface area contributed by atoms with Crippen molar-refractivity contribution >= 4 is 23.5 Å². The predicted octanol–water partition coefficient (Wildman–Crippen LogP) is 4.36. The van der Waals surface area contributed by atoms with Crippen molar-refractivity contribution in [1.29, 1.82) is 0 Å². The zero-order chi connectivity index (χ0) is 24.1. The Balaban J connectivity index is 2.03. The molecule has 32 heavy (non-hydrogen) atoms. The van der Waals surface area contributed by atoms with Crippen LogP contribution in [-0.2, 0) is 14.3 Å². The van der Waals surface area contributed by atoms with Gasteiger partial charge in [-0.3, -0.25) is 9.59 Å². The molecule has 3 aliphatic carbocycles. The van der Waals surface area contributed by atoms with Crippen molar-refractivity contribution in [2.24, 2.45) is 39.7 Å². The van der Waals surface area contributed by atoms with Crippen LogP contribution in [0, 0.1) is 34.0 Å². The molecule has 0 aromatic carbocycles. The highest BCUT2D eigenvalue weighted by molar-refractivity contribution is 8.01. The molecule has 182 valence electrons. The number of thioether (sulfide) groups is 1. The van der Waals surface area contributed by atoms with Gasteiger partial charge in [0.05, 0.1) is 11.9 Å². The number of ketones is 1. The molecule has 0 amide bonds. The van der Waals surface area contributed by atoms with Gasteiger partial charge in [0.2, 0.25) is 0 Å². The molecule has 0 aromatic rings. The monoisotopic (exact) mass is 465 g/mol. The maximum atomic E-state index is 13.4. The van der Waals surface area contributed by atoms with Crippen LogP contribution in [0.2, 0.25) is 0 Å². The van der Waals surface area contributed by atoms with Crippen molar-refractivity contribution in [3.63, 3.8) is 0 Å². The Morgan fingerprint density at radius 2 is 2.00 bits per heavy atom. The summed E-state index contributed by atoms with van der Waals surface area (Å²) in [5.74, 6) is 0.254. The maximum absolute atomic E-state index is 13.4. The number of esters is 1. The molecule has 0 aromatic heterocycles. The normalized spacial score (nSPS) is 44.4. The van der Waals surface area contributed by atoms with E-state index in [-0.39, 0.29) is 45.4 Å². The lowest BCUT2D eigenvalue weighted by molar-refractivity contribution is -0.205. The number of aliphatic hydroxyl groups excluding tert-OH is 1. The zero-order valence-corrected chi connectivity index (χ0v) is 21.6. The molecule has 0 aliphatic heterocycles. The molecule has 4 unspecified atom stereocenters. The first-order valence-electron chi connectivity index (χ1n) is 12.2. The van der Waals surface area contributed by atoms with Gasteiger partial charge in [-0.2, -0.15) is 0 Å². The van der Waals surface area contributed by atoms with Crippen LogP contribution in [0.25, 0.3) is 0 Å². The number of ether oxygens (including phenoxy) is 1. The van der Waals surface area contributed by atoms with E-state index in [4.69, 9.17) is 10.5 Å². The fourth-order valence-electron chi connectivity index (χ4n) is 7.01. The molecule has 0 radical (unpaired) electrons. The molecule has 5 nitrogen and oxygen atoms in total. The fraction of sp³-hybridized carbons (Fsp3) is 0.846. The third-order valence-corrected chi connectivity index (χ3v) is 11.0. The molecule has 2 bridgehead atoms. The number of carbonyl (C=O) groups is 2. The van der Waals surface area contributed by atoms with E-state index in [2.05, 4.69) is 27.4 Å². The molecule has 6 heteroatoms. The van der Waals surface area contributed by atoms with E-state index in [0.29, 0.717) is 19.4 Å². The minimum Gasteiger partial charge on any atom is -0.461 e. The molecule has 3 saturated carbocycles. The van der Waals surface area contributed by atoms with Gasteiger partial charge >= 0.3 is 5.97 Å². The summed E-state index contributed by atoms with van der Waals surface area (Å²) in [6.45, 7) is 17.1. The van der Waals surface area contributed by atoms with Gasteiger partial charge < -0.3 is 15.6 Å². The van der Waals surface area contributed by atoms with E-state index in [1.54, 1.807) is 0 Å². The second-order valence-electron chi connectivity index (χ2n) is 11.8. The Bertz CT molecular complexity index is 769. The van der Waals surface area contributed by atoms with E-state index >= 15 is 0 Å². The first-order chi connectivity index (χ1) is 14.8. The number of hydrogen-bond donors (Lipinski definition) is 2. The maximum Gasteiger partial charge on any atom is 0.316 e. The molecule has 3 rings (SSSR count). The summed E-state index contributed by atoms with van der Waals surface area (Å²) in [6.07, 6.45) is 4.49. The van der Waals surface area contributed by atoms with Gasteiger partial charge in [-0.25, -0.2) is 0 Å². The Hall–Kier alpha value is -0.850. The molecular formula is C26H43NO4S. The molecule has 3 aliphatic rings. The van der Waals surface area contributed by atoms with Gasteiger partial charge in [-0.15, -0.1) is 18.3 Å². The molecule has 0 saturated heterocycles. The van der Waals surface area contributed by atoms with Crippen LogP contribution < -0.4 is 5.73 Å². The standard InChI is InChI=1S/C26H43NO4S/c1-8-24(6)13-19(31-20(29)14-32-23(4,5)15-27)25(7)16(2)9-11-26(17(3)22(24)30)12-10-18(28)21(25)26/h8,16-17,19,21-22,30H,1,9-15,27H2,2-7H3/t16?,17-,19+,21?,22?,24+,25+,26?/m0/s1. The third kappa shape index (κ3) is 3.98. The second kappa shape index (κ2) is 8.74. The number of rotatable bonds is 6. The largest absolute Gasteiger partial charge is 0.461 e. The van der Waals surface area contributed by atoms with Gasteiger partial charge in [0.25, 0.3) is 0 Å². The molecule has 8 atom stereocenters. The Kier molecular flexibility index (Phi) is 7.04. The van der Waals surface area contributed by atoms with Gasteiger partial charge in [-0.05, 0) is 56.8 Å². The molecule has 3 N–H and O–H groups in total. The first-order valence-corrected chi connectivity index (χ1v) is 13.1. The van der Waals surface area contributed by atoms with E-state index in [1.807, 2.05) is 26.8 Å². The first kappa shape index (κ1) is 25.8. The Labute approximate surface area is 198 Å². The minimum atomic E-state index is -0.641. The SMILES string of the molecule is C=C[C@]1(C)C[C@@H](OC(=O)CSC(C)(C)CN)[C@@]2(C)C(C)CCC3(CCC(=O)C32)[C@@H](C)C1O. The number of hydrogen-bond acceptors (Lipinski definition) is 6. The highest BCUT2D eigenvalue weighted by atomic mass is 32.2. The van der Waals surface area contributed by atoms with Crippen LogP contribution in [0.3, 0.4) is 0 Å². The van der Waals surface area contributed by atoms with Crippen molar-refractivity contribution in [2.45, 2.75) is 90.6 Å². The van der Waals surface area contributed by atoms with Gasteiger partial charge in [-0.1, -0.05) is 33.8 Å². The smallest absolute Gasteiger partial charge is 0.316 e. The summed E-state index contributed by atoms with van der Waals surface area (Å²) in [5.41, 5.74) is 4.51. The van der Waals surface area contributed by atoms with Gasteiger partial charge in [0, 0.05) is 34.5 Å². The fourth-order valence-corrected chi connectivity index (χ4v) is 7.70. The van der Waals surface area contributed by atoms with Gasteiger partial charge in [0.1, 0.15) is 11.9 Å². The zero-order valence-electron chi connectivity index (χ0n) is 20.8. The summed E-state index contributed by atoms with van der Waals surface area (Å²) in [6, 6.07) is 0. The summed E-state index contributed by atoms with van der Waals surface area (Å²) in [7, 11) is 0. The van der Waals surface area contributed by atoms with Crippen LogP contribution in [-0.4, -0.2) is 46.1 Å². The Morgan fingerprint density at radius 1 is 1.34 bits per heavy atom. The number of carbonyl (C=O) groups excluding carboxylic acids is 2. The van der Waals surface area contributed by atoms with E-state index in [9.17, 15) is 14.7 Å². The van der Waals surface area contributed by atoms with Gasteiger partial charge in [0.15, 0.2) is 0 Å². The van der Waals surface area contributed by atoms with Crippen LogP contribution >= 0.6 is 11.8 Å². The molecule has 0 spiro atoms. The summed E-state index contributed by atoms with van der Waals surface area (Å²) in [5, 5.41) is 11.5. The van der Waals surface area contributed by atoms with Crippen molar-refractivity contribution in [2.75, 3.05) is 12.3 Å². The minimum absolute atomic E-state index is 0.0219. The third-order valence-electron chi connectivity index (χ3n) is 9.65. The summed E-state index contributed by atoms with van der Waals surface area (Å²) in [4.78, 5) is 26.4. The highest BCUT2D eigenvalue weighted by Gasteiger charge is 2.68. The summed E-state index contributed by atoms with van der Waals surface area (Å²) < 4.78 is 6.04. The van der Waals surface area contributed by atoms with Crippen LogP contribution in [0.4, 0.5) is 0 Å². The summed E-state index contributed by atoms with van der Waals surface area (Å²) >= 11 is 1.50. The predicted molar refractivity (Wildman–Crippen MR) is 130 cm³/mol.